The fourth-order valence-corrected chi connectivity index (χ4v) is 2.73. The topological polar surface area (TPSA) is 50.9 Å². The lowest BCUT2D eigenvalue weighted by molar-refractivity contribution is 0.457. The van der Waals surface area contributed by atoms with Crippen LogP contribution in [0.1, 0.15) is 27.7 Å². The van der Waals surface area contributed by atoms with E-state index < -0.39 is 0 Å². The molecule has 0 amide bonds. The molecule has 0 atom stereocenters. The number of nitrogens with one attached hydrogen (secondary N) is 1. The summed E-state index contributed by atoms with van der Waals surface area (Å²) in [6.07, 6.45) is 1.68. The Morgan fingerprint density at radius 3 is 2.31 bits per heavy atom. The second-order valence-corrected chi connectivity index (χ2v) is 6.47. The van der Waals surface area contributed by atoms with Gasteiger partial charge in [-0.15, -0.1) is 0 Å². The normalized spacial score (nSPS) is 21.8. The number of pyridine rings is 1. The largest absolute Gasteiger partial charge is 0.397 e. The number of hydrogen-bond donors (Lipinski definition) is 2. The molecule has 3 nitrogen and oxygen atoms in total. The van der Waals surface area contributed by atoms with Gasteiger partial charge in [0.1, 0.15) is 5.82 Å². The molecule has 1 aliphatic rings. The Hall–Kier alpha value is -0.770. The zero-order chi connectivity index (χ0) is 12.1. The van der Waals surface area contributed by atoms with Crippen molar-refractivity contribution in [2.24, 2.45) is 10.8 Å². The van der Waals surface area contributed by atoms with E-state index in [1.165, 1.54) is 0 Å². The van der Waals surface area contributed by atoms with Crippen LogP contribution in [0.25, 0.3) is 0 Å². The summed E-state index contributed by atoms with van der Waals surface area (Å²) in [6.45, 7) is 9.09. The van der Waals surface area contributed by atoms with Crippen molar-refractivity contribution in [2.45, 2.75) is 33.7 Å². The molecular formula is C12H18BrN3. The van der Waals surface area contributed by atoms with E-state index in [9.17, 15) is 0 Å². The molecule has 0 spiro atoms. The molecule has 4 heteroatoms. The third-order valence-electron chi connectivity index (χ3n) is 4.16. The molecule has 1 heterocycles. The summed E-state index contributed by atoms with van der Waals surface area (Å²) >= 11 is 3.47. The molecule has 0 aliphatic heterocycles. The monoisotopic (exact) mass is 283 g/mol. The van der Waals surface area contributed by atoms with Crippen molar-refractivity contribution in [3.63, 3.8) is 0 Å². The van der Waals surface area contributed by atoms with Crippen LogP contribution in [0.15, 0.2) is 16.7 Å². The first kappa shape index (κ1) is 11.7. The average molecular weight is 284 g/mol. The van der Waals surface area contributed by atoms with Gasteiger partial charge in [-0.3, -0.25) is 0 Å². The molecule has 3 N–H and O–H groups in total. The highest BCUT2D eigenvalue weighted by Crippen LogP contribution is 2.63. The second-order valence-electron chi connectivity index (χ2n) is 5.62. The average Bonchev–Trinajstić information content (AvgIpc) is 2.52. The summed E-state index contributed by atoms with van der Waals surface area (Å²) in [7, 11) is 0. The van der Waals surface area contributed by atoms with Gasteiger partial charge < -0.3 is 11.1 Å². The van der Waals surface area contributed by atoms with Crippen molar-refractivity contribution in [2.75, 3.05) is 11.1 Å². The molecule has 1 aromatic rings. The second kappa shape index (κ2) is 3.36. The molecule has 88 valence electrons. The van der Waals surface area contributed by atoms with Crippen molar-refractivity contribution in [3.05, 3.63) is 16.7 Å². The molecular weight excluding hydrogens is 266 g/mol. The number of nitrogens with zero attached hydrogens (tertiary/aromatic N) is 1. The van der Waals surface area contributed by atoms with Crippen LogP contribution in [0.2, 0.25) is 0 Å². The van der Waals surface area contributed by atoms with Gasteiger partial charge in [0.15, 0.2) is 0 Å². The van der Waals surface area contributed by atoms with E-state index in [2.05, 4.69) is 53.9 Å². The van der Waals surface area contributed by atoms with E-state index in [4.69, 9.17) is 5.73 Å². The van der Waals surface area contributed by atoms with E-state index in [1.807, 2.05) is 6.07 Å². The Balaban J connectivity index is 2.18. The minimum absolute atomic E-state index is 0.301. The molecule has 0 bridgehead atoms. The van der Waals surface area contributed by atoms with Gasteiger partial charge in [0, 0.05) is 6.04 Å². The molecule has 0 saturated heterocycles. The van der Waals surface area contributed by atoms with E-state index in [0.29, 0.717) is 22.6 Å². The van der Waals surface area contributed by atoms with Crippen molar-refractivity contribution in [1.29, 1.82) is 0 Å². The van der Waals surface area contributed by atoms with Crippen LogP contribution in [0.3, 0.4) is 0 Å². The molecule has 2 rings (SSSR count). The molecule has 1 fully saturated rings. The molecule has 1 saturated carbocycles. The number of hydrogen-bond acceptors (Lipinski definition) is 3. The number of halogens is 1. The lowest BCUT2D eigenvalue weighted by Crippen LogP contribution is -2.11. The Morgan fingerprint density at radius 2 is 1.88 bits per heavy atom. The van der Waals surface area contributed by atoms with Crippen LogP contribution in [0.4, 0.5) is 11.5 Å². The van der Waals surface area contributed by atoms with Crippen molar-refractivity contribution in [3.8, 4) is 0 Å². The molecule has 1 aliphatic carbocycles. The maximum Gasteiger partial charge on any atom is 0.140 e. The smallest absolute Gasteiger partial charge is 0.140 e. The zero-order valence-corrected chi connectivity index (χ0v) is 11.7. The summed E-state index contributed by atoms with van der Waals surface area (Å²) in [6, 6.07) is 2.32. The molecule has 1 aromatic heterocycles. The number of aromatic nitrogens is 1. The van der Waals surface area contributed by atoms with Crippen molar-refractivity contribution in [1.82, 2.24) is 4.98 Å². The standard InChI is InChI=1S/C12H18BrN3/c1-11(2)10(12(11,3)4)16-9-8(13)5-7(14)6-15-9/h5-6,10H,14H2,1-4H3,(H,15,16). The molecule has 0 radical (unpaired) electrons. The Kier molecular flexibility index (Phi) is 2.46. The van der Waals surface area contributed by atoms with Crippen LogP contribution in [0.5, 0.6) is 0 Å². The van der Waals surface area contributed by atoms with Gasteiger partial charge in [0.05, 0.1) is 16.4 Å². The predicted octanol–water partition coefficient (Wildman–Crippen LogP) is 3.27. The summed E-state index contributed by atoms with van der Waals surface area (Å²) < 4.78 is 0.922. The fourth-order valence-electron chi connectivity index (χ4n) is 2.25. The Bertz CT molecular complexity index is 412. The van der Waals surface area contributed by atoms with E-state index in [0.717, 1.165) is 10.3 Å². The first-order valence-corrected chi connectivity index (χ1v) is 6.23. The maximum atomic E-state index is 5.66. The quantitative estimate of drug-likeness (QED) is 0.876. The minimum atomic E-state index is 0.301. The number of rotatable bonds is 2. The lowest BCUT2D eigenvalue weighted by Gasteiger charge is -2.09. The first-order valence-electron chi connectivity index (χ1n) is 5.44. The van der Waals surface area contributed by atoms with Gasteiger partial charge in [0.2, 0.25) is 0 Å². The van der Waals surface area contributed by atoms with Crippen LogP contribution in [-0.4, -0.2) is 11.0 Å². The maximum absolute atomic E-state index is 5.66. The SMILES string of the molecule is CC1(C)C(Nc2ncc(N)cc2Br)C1(C)C. The predicted molar refractivity (Wildman–Crippen MR) is 71.3 cm³/mol. The van der Waals surface area contributed by atoms with Gasteiger partial charge in [-0.05, 0) is 32.8 Å². The summed E-state index contributed by atoms with van der Waals surface area (Å²) in [5.74, 6) is 0.873. The van der Waals surface area contributed by atoms with Crippen LogP contribution >= 0.6 is 15.9 Å². The van der Waals surface area contributed by atoms with Gasteiger partial charge >= 0.3 is 0 Å². The number of nitrogens with two attached hydrogens (primary N) is 1. The number of nitrogen functional groups attached to an aromatic ring is 1. The fraction of sp³-hybridized carbons (Fsp3) is 0.583. The highest BCUT2D eigenvalue weighted by molar-refractivity contribution is 9.10. The third kappa shape index (κ3) is 1.59. The highest BCUT2D eigenvalue weighted by Gasteiger charge is 2.65. The van der Waals surface area contributed by atoms with Gasteiger partial charge in [-0.1, -0.05) is 27.7 Å². The third-order valence-corrected chi connectivity index (χ3v) is 4.77. The molecule has 0 aromatic carbocycles. The van der Waals surface area contributed by atoms with Crippen molar-refractivity contribution >= 4 is 27.4 Å². The van der Waals surface area contributed by atoms with Gasteiger partial charge in [-0.25, -0.2) is 4.98 Å². The van der Waals surface area contributed by atoms with E-state index in [1.54, 1.807) is 6.20 Å². The van der Waals surface area contributed by atoms with Crippen LogP contribution in [0, 0.1) is 10.8 Å². The summed E-state index contributed by atoms with van der Waals surface area (Å²) in [4.78, 5) is 4.31. The van der Waals surface area contributed by atoms with Crippen LogP contribution < -0.4 is 11.1 Å². The molecule has 0 unspecified atom stereocenters. The highest BCUT2D eigenvalue weighted by atomic mass is 79.9. The lowest BCUT2D eigenvalue weighted by atomic mass is 10.0. The first-order chi connectivity index (χ1) is 7.26. The van der Waals surface area contributed by atoms with Crippen LogP contribution in [-0.2, 0) is 0 Å². The summed E-state index contributed by atoms with van der Waals surface area (Å²) in [5, 5.41) is 3.48. The van der Waals surface area contributed by atoms with Gasteiger partial charge in [0.25, 0.3) is 0 Å². The van der Waals surface area contributed by atoms with Gasteiger partial charge in [-0.2, -0.15) is 0 Å². The van der Waals surface area contributed by atoms with E-state index in [-0.39, 0.29) is 0 Å². The zero-order valence-electron chi connectivity index (χ0n) is 10.1. The Morgan fingerprint density at radius 1 is 1.31 bits per heavy atom. The van der Waals surface area contributed by atoms with Crippen molar-refractivity contribution < 1.29 is 0 Å². The number of anilines is 2. The minimum Gasteiger partial charge on any atom is -0.397 e. The molecule has 16 heavy (non-hydrogen) atoms. The van der Waals surface area contributed by atoms with E-state index >= 15 is 0 Å². The summed E-state index contributed by atoms with van der Waals surface area (Å²) in [5.41, 5.74) is 6.94. The Labute approximate surface area is 105 Å².